The molecule has 0 aliphatic heterocycles. The fourth-order valence-electron chi connectivity index (χ4n) is 7.60. The second kappa shape index (κ2) is 20.7. The Morgan fingerprint density at radius 1 is 0.708 bits per heavy atom. The number of amidine groups is 1. The molecule has 0 spiro atoms. The molecular weight excluding hydrogens is 928 g/mol. The van der Waals surface area contributed by atoms with E-state index >= 15 is 0 Å². The smallest absolute Gasteiger partial charge is 0.202 e. The van der Waals surface area contributed by atoms with Gasteiger partial charge in [0, 0.05) is 41.7 Å². The van der Waals surface area contributed by atoms with E-state index in [2.05, 4.69) is 50.4 Å². The van der Waals surface area contributed by atoms with E-state index in [-0.39, 0.29) is 66.9 Å². The van der Waals surface area contributed by atoms with Crippen molar-refractivity contribution < 1.29 is 27.9 Å². The van der Waals surface area contributed by atoms with E-state index < -0.39 is 5.60 Å². The highest BCUT2D eigenvalue weighted by Crippen LogP contribution is 2.36. The van der Waals surface area contributed by atoms with Crippen molar-refractivity contribution in [2.75, 3.05) is 6.54 Å². The van der Waals surface area contributed by atoms with E-state index in [4.69, 9.17) is 11.0 Å². The molecule has 1 fully saturated rings. The number of aliphatic hydroxyl groups is 1. The number of H-pyrrole nitrogens is 1. The molecule has 0 unspecified atom stereocenters. The van der Waals surface area contributed by atoms with Crippen molar-refractivity contribution in [2.24, 2.45) is 10.7 Å². The number of carbonyl (C=O) groups excluding carboxylic acids is 2. The number of hydrogen-bond acceptors (Lipinski definition) is 13. The third-order valence-electron chi connectivity index (χ3n) is 11.6. The topological polar surface area (TPSA) is 250 Å². The SMILES string of the molecule is CCC(=O)c1nc(-c2nn(Cc3ccccc3F)c3ncccc23)n[nH]1.N#Cc1nn(Cc2ccccc2F)c2ncccc12.NC(=NCC(=O)C1(O)CC1)c1nn(Cc2ccccc2F)c2ncccc12. The van der Waals surface area contributed by atoms with E-state index in [0.29, 0.717) is 86.6 Å². The van der Waals surface area contributed by atoms with Gasteiger partial charge in [0.2, 0.25) is 5.82 Å². The predicted octanol–water partition coefficient (Wildman–Crippen LogP) is 6.90. The molecule has 0 amide bonds. The van der Waals surface area contributed by atoms with Crippen molar-refractivity contribution >= 4 is 50.5 Å². The van der Waals surface area contributed by atoms with Gasteiger partial charge in [0.25, 0.3) is 0 Å². The summed E-state index contributed by atoms with van der Waals surface area (Å²) < 4.78 is 46.4. The van der Waals surface area contributed by atoms with Gasteiger partial charge < -0.3 is 10.8 Å². The summed E-state index contributed by atoms with van der Waals surface area (Å²) in [5.41, 5.74) is 9.21. The molecule has 72 heavy (non-hydrogen) atoms. The monoisotopic (exact) mass is 969 g/mol. The zero-order chi connectivity index (χ0) is 50.4. The van der Waals surface area contributed by atoms with Crippen LogP contribution in [0.2, 0.25) is 0 Å². The molecule has 0 radical (unpaired) electrons. The fraction of sp³-hybridized carbons (Fsp3) is 0.176. The number of aliphatic imine (C=N–C) groups is 1. The molecule has 360 valence electrons. The molecule has 0 atom stereocenters. The van der Waals surface area contributed by atoms with Gasteiger partial charge in [-0.25, -0.2) is 47.2 Å². The summed E-state index contributed by atoms with van der Waals surface area (Å²) in [6.07, 6.45) is 6.15. The van der Waals surface area contributed by atoms with Crippen molar-refractivity contribution in [3.8, 4) is 17.6 Å². The van der Waals surface area contributed by atoms with Crippen LogP contribution in [-0.4, -0.2) is 94.1 Å². The maximum atomic E-state index is 14.0. The third kappa shape index (κ3) is 10.2. The molecule has 21 heteroatoms. The molecule has 3 aromatic carbocycles. The molecule has 10 aromatic rings. The first kappa shape index (κ1) is 47.8. The predicted molar refractivity (Wildman–Crippen MR) is 259 cm³/mol. The zero-order valence-corrected chi connectivity index (χ0v) is 38.4. The fourth-order valence-corrected chi connectivity index (χ4v) is 7.60. The molecular formula is C51H42F3N15O3. The Bertz CT molecular complexity index is 3700. The quantitative estimate of drug-likeness (QED) is 0.0605. The van der Waals surface area contributed by atoms with E-state index in [1.54, 1.807) is 124 Å². The average Bonchev–Trinajstić information content (AvgIpc) is 3.76. The largest absolute Gasteiger partial charge is 0.382 e. The Labute approximate surface area is 407 Å². The van der Waals surface area contributed by atoms with Crippen LogP contribution in [0, 0.1) is 28.8 Å². The summed E-state index contributed by atoms with van der Waals surface area (Å²) in [6, 6.07) is 32.2. The van der Waals surface area contributed by atoms with Gasteiger partial charge in [-0.2, -0.15) is 25.7 Å². The highest BCUT2D eigenvalue weighted by Gasteiger charge is 2.47. The minimum absolute atomic E-state index is 0.0814. The number of fused-ring (bicyclic) bond motifs is 3. The van der Waals surface area contributed by atoms with E-state index in [1.165, 1.54) is 18.2 Å². The van der Waals surface area contributed by atoms with Crippen LogP contribution < -0.4 is 5.73 Å². The van der Waals surface area contributed by atoms with E-state index in [1.807, 2.05) is 12.1 Å². The highest BCUT2D eigenvalue weighted by atomic mass is 19.1. The maximum absolute atomic E-state index is 14.0. The van der Waals surface area contributed by atoms with Gasteiger partial charge in [-0.3, -0.25) is 19.7 Å². The van der Waals surface area contributed by atoms with E-state index in [9.17, 15) is 27.9 Å². The van der Waals surface area contributed by atoms with Crippen molar-refractivity contribution in [3.63, 3.8) is 0 Å². The Hall–Kier alpha value is -9.29. The number of aromatic nitrogens is 12. The maximum Gasteiger partial charge on any atom is 0.202 e. The van der Waals surface area contributed by atoms with Crippen molar-refractivity contribution in [1.29, 1.82) is 5.26 Å². The van der Waals surface area contributed by atoms with Gasteiger partial charge in [0.05, 0.1) is 35.8 Å². The lowest BCUT2D eigenvalue weighted by Gasteiger charge is -2.04. The lowest BCUT2D eigenvalue weighted by atomic mass is 10.2. The number of carbonyl (C=O) groups is 2. The van der Waals surface area contributed by atoms with Gasteiger partial charge in [-0.15, -0.1) is 0 Å². The second-order valence-electron chi connectivity index (χ2n) is 16.5. The molecule has 0 bridgehead atoms. The van der Waals surface area contributed by atoms with Crippen LogP contribution >= 0.6 is 0 Å². The molecule has 0 saturated heterocycles. The molecule has 7 aromatic heterocycles. The molecule has 4 N–H and O–H groups in total. The van der Waals surface area contributed by atoms with Gasteiger partial charge >= 0.3 is 0 Å². The number of pyridine rings is 3. The van der Waals surface area contributed by atoms with Crippen molar-refractivity contribution in [1.82, 2.24) is 59.5 Å². The first-order valence-electron chi connectivity index (χ1n) is 22.5. The van der Waals surface area contributed by atoms with Gasteiger partial charge in [0.15, 0.2) is 40.0 Å². The number of benzene rings is 3. The number of nitrogens with zero attached hydrogens (tertiary/aromatic N) is 13. The highest BCUT2D eigenvalue weighted by molar-refractivity contribution is 6.07. The van der Waals surface area contributed by atoms with Crippen molar-refractivity contribution in [2.45, 2.75) is 51.4 Å². The zero-order valence-electron chi connectivity index (χ0n) is 38.4. The average molecular weight is 970 g/mol. The van der Waals surface area contributed by atoms with Crippen LogP contribution in [0.15, 0.2) is 133 Å². The summed E-state index contributed by atoms with van der Waals surface area (Å²) in [4.78, 5) is 44.9. The standard InChI is InChI=1S/C19H18FN5O2.C18H15FN6O.C14H9FN4/c20-14-6-2-1-4-12(14)11-25-18-13(5-3-9-22-18)16(24-25)17(21)23-10-15(26)19(27)7-8-19;1-2-14(26)16-21-17(23-22-16)15-12-7-5-9-20-18(12)25(24-15)10-11-6-3-4-8-13(11)19;15-12-6-2-1-4-10(12)9-19-14-11(5-3-7-17-14)13(8-16)18-19/h1-6,9,27H,7-8,10-11H2,(H2,21,23);3-9H,2,10H2,1H3,(H,21,22,23);1-7H,9H2. The number of aromatic amines is 1. The Morgan fingerprint density at radius 3 is 1.72 bits per heavy atom. The van der Waals surface area contributed by atoms with Crippen LogP contribution in [0.4, 0.5) is 13.2 Å². The Balaban J connectivity index is 0.000000135. The summed E-state index contributed by atoms with van der Waals surface area (Å²) in [6.45, 7) is 2.22. The lowest BCUT2D eigenvalue weighted by Crippen LogP contribution is -2.26. The number of nitriles is 1. The number of ketones is 2. The Kier molecular flexibility index (Phi) is 13.8. The lowest BCUT2D eigenvalue weighted by molar-refractivity contribution is -0.127. The van der Waals surface area contributed by atoms with Crippen LogP contribution in [0.1, 0.15) is 64.9 Å². The molecule has 1 aliphatic carbocycles. The first-order chi connectivity index (χ1) is 34.9. The van der Waals surface area contributed by atoms with Crippen LogP contribution in [0.25, 0.3) is 44.6 Å². The molecule has 1 saturated carbocycles. The molecule has 1 aliphatic rings. The summed E-state index contributed by atoms with van der Waals surface area (Å²) in [5, 5.41) is 40.8. The van der Waals surface area contributed by atoms with Crippen LogP contribution in [-0.2, 0) is 24.4 Å². The number of hydrogen-bond donors (Lipinski definition) is 3. The van der Waals surface area contributed by atoms with Crippen LogP contribution in [0.5, 0.6) is 0 Å². The van der Waals surface area contributed by atoms with E-state index in [0.717, 1.165) is 5.39 Å². The normalized spacial score (nSPS) is 12.8. The number of Topliss-reactive ketones (excluding diaryl/α,β-unsaturated/α-hetero) is 2. The summed E-state index contributed by atoms with van der Waals surface area (Å²) in [5.74, 6) is -0.810. The number of rotatable bonds is 13. The molecule has 18 nitrogen and oxygen atoms in total. The number of halogens is 3. The number of nitrogens with one attached hydrogen (secondary N) is 1. The van der Waals surface area contributed by atoms with Crippen molar-refractivity contribution in [3.05, 3.63) is 179 Å². The minimum Gasteiger partial charge on any atom is -0.382 e. The van der Waals surface area contributed by atoms with Gasteiger partial charge in [-0.1, -0.05) is 61.5 Å². The Morgan fingerprint density at radius 2 is 1.19 bits per heavy atom. The second-order valence-corrected chi connectivity index (χ2v) is 16.5. The minimum atomic E-state index is -1.24. The number of nitrogens with two attached hydrogens (primary N) is 1. The first-order valence-corrected chi connectivity index (χ1v) is 22.5. The van der Waals surface area contributed by atoms with Gasteiger partial charge in [0.1, 0.15) is 52.9 Å². The van der Waals surface area contributed by atoms with Gasteiger partial charge in [-0.05, 0) is 67.4 Å². The molecule has 7 heterocycles. The third-order valence-corrected chi connectivity index (χ3v) is 11.6. The summed E-state index contributed by atoms with van der Waals surface area (Å²) in [7, 11) is 0. The molecule has 11 rings (SSSR count). The van der Waals surface area contributed by atoms with Crippen LogP contribution in [0.3, 0.4) is 0 Å². The summed E-state index contributed by atoms with van der Waals surface area (Å²) >= 11 is 0.